The lowest BCUT2D eigenvalue weighted by atomic mass is 10.7. The molecule has 2 rings (SSSR count). The molecule has 2 saturated heterocycles. The molecule has 0 saturated carbocycles. The first-order chi connectivity index (χ1) is 3.45. The highest BCUT2D eigenvalue weighted by Gasteiger charge is 2.33. The molecule has 0 spiro atoms. The lowest BCUT2D eigenvalue weighted by molar-refractivity contribution is 0.301. The van der Waals surface area contributed by atoms with E-state index >= 15 is 0 Å². The van der Waals surface area contributed by atoms with E-state index in [2.05, 4.69) is 5.32 Å². The topological polar surface area (TPSA) is 39.2 Å². The van der Waals surface area contributed by atoms with Gasteiger partial charge in [0.15, 0.2) is 0 Å². The Kier molecular flexibility index (Phi) is 0.647. The predicted octanol–water partition coefficient (Wildman–Crippen LogP) is -0.697. The standard InChI is InChI=1S/C4H6NO2/c1-3(6-1)5-4-2-7-4/h3-4H,1-2H2. The normalized spacial score (nSPS) is 46.3. The molecular formula is C4H6NO2. The van der Waals surface area contributed by atoms with Gasteiger partial charge in [-0.2, -0.15) is 5.32 Å². The summed E-state index contributed by atoms with van der Waals surface area (Å²) in [5, 5.41) is 4.06. The summed E-state index contributed by atoms with van der Waals surface area (Å²) in [6.07, 6.45) is 0.375. The van der Waals surface area contributed by atoms with E-state index in [0.717, 1.165) is 13.2 Å². The number of rotatable bonds is 2. The third kappa shape index (κ3) is 0.907. The van der Waals surface area contributed by atoms with Gasteiger partial charge in [0, 0.05) is 0 Å². The molecule has 0 bridgehead atoms. The van der Waals surface area contributed by atoms with E-state index < -0.39 is 0 Å². The maximum absolute atomic E-state index is 4.81. The van der Waals surface area contributed by atoms with Crippen LogP contribution >= 0.6 is 0 Å². The van der Waals surface area contributed by atoms with Crippen molar-refractivity contribution in [2.75, 3.05) is 13.2 Å². The molecule has 2 fully saturated rings. The molecule has 3 heteroatoms. The fraction of sp³-hybridized carbons (Fsp3) is 1.00. The largest absolute Gasteiger partial charge is 0.355 e. The minimum Gasteiger partial charge on any atom is -0.355 e. The maximum atomic E-state index is 4.81. The van der Waals surface area contributed by atoms with E-state index in [1.54, 1.807) is 0 Å². The van der Waals surface area contributed by atoms with Crippen molar-refractivity contribution in [2.24, 2.45) is 0 Å². The molecule has 1 radical (unpaired) electrons. The minimum absolute atomic E-state index is 0.187. The zero-order valence-electron chi connectivity index (χ0n) is 3.83. The summed E-state index contributed by atoms with van der Waals surface area (Å²) in [7, 11) is 0. The Morgan fingerprint density at radius 1 is 1.14 bits per heavy atom. The first-order valence-corrected chi connectivity index (χ1v) is 2.38. The lowest BCUT2D eigenvalue weighted by Crippen LogP contribution is -2.11. The Hall–Kier alpha value is -0.120. The summed E-state index contributed by atoms with van der Waals surface area (Å²) < 4.78 is 9.63. The van der Waals surface area contributed by atoms with Crippen LogP contribution < -0.4 is 5.32 Å². The van der Waals surface area contributed by atoms with Crippen molar-refractivity contribution in [3.63, 3.8) is 0 Å². The van der Waals surface area contributed by atoms with E-state index in [0.29, 0.717) is 0 Å². The molecule has 2 unspecified atom stereocenters. The van der Waals surface area contributed by atoms with E-state index in [1.807, 2.05) is 0 Å². The van der Waals surface area contributed by atoms with Crippen molar-refractivity contribution in [2.45, 2.75) is 12.5 Å². The summed E-state index contributed by atoms with van der Waals surface area (Å²) >= 11 is 0. The van der Waals surface area contributed by atoms with E-state index in [-0.39, 0.29) is 12.5 Å². The van der Waals surface area contributed by atoms with Crippen molar-refractivity contribution < 1.29 is 9.47 Å². The molecule has 2 heterocycles. The third-order valence-electron chi connectivity index (χ3n) is 0.964. The maximum Gasteiger partial charge on any atom is 0.149 e. The van der Waals surface area contributed by atoms with Gasteiger partial charge in [0.05, 0.1) is 13.2 Å². The lowest BCUT2D eigenvalue weighted by Gasteiger charge is -1.82. The van der Waals surface area contributed by atoms with Crippen LogP contribution in [-0.4, -0.2) is 25.7 Å². The van der Waals surface area contributed by atoms with Gasteiger partial charge in [-0.05, 0) is 0 Å². The zero-order chi connectivity index (χ0) is 4.69. The number of nitrogens with zero attached hydrogens (tertiary/aromatic N) is 1. The second-order valence-corrected chi connectivity index (χ2v) is 1.73. The SMILES string of the molecule is C1OC1[N]C1CO1. The molecule has 3 nitrogen and oxygen atoms in total. The van der Waals surface area contributed by atoms with Gasteiger partial charge in [0.1, 0.15) is 12.5 Å². The van der Waals surface area contributed by atoms with Gasteiger partial charge in [-0.15, -0.1) is 0 Å². The predicted molar refractivity (Wildman–Crippen MR) is 21.6 cm³/mol. The van der Waals surface area contributed by atoms with Crippen molar-refractivity contribution in [3.05, 3.63) is 0 Å². The molecule has 7 heavy (non-hydrogen) atoms. The van der Waals surface area contributed by atoms with Crippen LogP contribution in [-0.2, 0) is 9.47 Å². The molecule has 0 aromatic heterocycles. The van der Waals surface area contributed by atoms with Crippen LogP contribution in [0.15, 0.2) is 0 Å². The van der Waals surface area contributed by atoms with Crippen LogP contribution in [0.25, 0.3) is 0 Å². The summed E-state index contributed by atoms with van der Waals surface area (Å²) in [5.41, 5.74) is 0. The van der Waals surface area contributed by atoms with Crippen LogP contribution in [0.1, 0.15) is 0 Å². The van der Waals surface area contributed by atoms with Crippen molar-refractivity contribution in [1.82, 2.24) is 5.32 Å². The third-order valence-corrected chi connectivity index (χ3v) is 0.964. The average molecular weight is 100 g/mol. The Labute approximate surface area is 41.6 Å². The summed E-state index contributed by atoms with van der Waals surface area (Å²) in [6, 6.07) is 0. The van der Waals surface area contributed by atoms with E-state index in [9.17, 15) is 0 Å². The molecule has 2 atom stereocenters. The van der Waals surface area contributed by atoms with Gasteiger partial charge >= 0.3 is 0 Å². The fourth-order valence-corrected chi connectivity index (χ4v) is 0.444. The van der Waals surface area contributed by atoms with Crippen LogP contribution in [0.5, 0.6) is 0 Å². The molecule has 0 aliphatic carbocycles. The first-order valence-electron chi connectivity index (χ1n) is 2.38. The molecular weight excluding hydrogens is 94.0 g/mol. The van der Waals surface area contributed by atoms with Gasteiger partial charge in [-0.3, -0.25) is 0 Å². The highest BCUT2D eigenvalue weighted by atomic mass is 16.6. The van der Waals surface area contributed by atoms with E-state index in [4.69, 9.17) is 9.47 Å². The molecule has 2 aliphatic heterocycles. The smallest absolute Gasteiger partial charge is 0.149 e. The second-order valence-electron chi connectivity index (χ2n) is 1.73. The highest BCUT2D eigenvalue weighted by Crippen LogP contribution is 2.14. The monoisotopic (exact) mass is 100 g/mol. The van der Waals surface area contributed by atoms with Gasteiger partial charge in [0.2, 0.25) is 0 Å². The molecule has 0 N–H and O–H groups in total. The highest BCUT2D eigenvalue weighted by molar-refractivity contribution is 4.73. The van der Waals surface area contributed by atoms with Crippen LogP contribution in [0.4, 0.5) is 0 Å². The molecule has 2 aliphatic rings. The summed E-state index contributed by atoms with van der Waals surface area (Å²) in [4.78, 5) is 0. The van der Waals surface area contributed by atoms with Gasteiger partial charge in [-0.25, -0.2) is 0 Å². The minimum atomic E-state index is 0.187. The van der Waals surface area contributed by atoms with Gasteiger partial charge in [0.25, 0.3) is 0 Å². The molecule has 0 amide bonds. The Balaban J connectivity index is 1.69. The Morgan fingerprint density at radius 3 is 1.86 bits per heavy atom. The second kappa shape index (κ2) is 1.18. The number of hydrogen-bond acceptors (Lipinski definition) is 2. The zero-order valence-corrected chi connectivity index (χ0v) is 3.83. The first kappa shape index (κ1) is 3.83. The Morgan fingerprint density at radius 2 is 1.57 bits per heavy atom. The number of hydrogen-bond donors (Lipinski definition) is 0. The quantitative estimate of drug-likeness (QED) is 0.430. The van der Waals surface area contributed by atoms with Crippen molar-refractivity contribution in [1.29, 1.82) is 0 Å². The molecule has 0 aromatic rings. The molecule has 0 aromatic carbocycles. The Bertz CT molecular complexity index is 67.8. The van der Waals surface area contributed by atoms with Gasteiger partial charge in [-0.1, -0.05) is 0 Å². The van der Waals surface area contributed by atoms with Crippen LogP contribution in [0, 0.1) is 0 Å². The summed E-state index contributed by atoms with van der Waals surface area (Å²) in [6.45, 7) is 1.61. The van der Waals surface area contributed by atoms with Gasteiger partial charge < -0.3 is 9.47 Å². The van der Waals surface area contributed by atoms with Crippen LogP contribution in [0.3, 0.4) is 0 Å². The number of ether oxygens (including phenoxy) is 2. The molecule has 39 valence electrons. The average Bonchev–Trinajstić information content (AvgIpc) is 2.33. The number of epoxide rings is 2. The van der Waals surface area contributed by atoms with Crippen molar-refractivity contribution >= 4 is 0 Å². The van der Waals surface area contributed by atoms with Crippen LogP contribution in [0.2, 0.25) is 0 Å². The van der Waals surface area contributed by atoms with E-state index in [1.165, 1.54) is 0 Å². The van der Waals surface area contributed by atoms with Crippen molar-refractivity contribution in [3.8, 4) is 0 Å². The fourth-order valence-electron chi connectivity index (χ4n) is 0.444. The summed E-state index contributed by atoms with van der Waals surface area (Å²) in [5.74, 6) is 0.